The van der Waals surface area contributed by atoms with Crippen LogP contribution in [0.2, 0.25) is 0 Å². The van der Waals surface area contributed by atoms with Crippen LogP contribution in [0.15, 0.2) is 48.8 Å². The third-order valence-electron chi connectivity index (χ3n) is 3.35. The number of imidazole rings is 1. The maximum Gasteiger partial charge on any atom is 0.511 e. The van der Waals surface area contributed by atoms with Gasteiger partial charge in [-0.05, 0) is 11.5 Å². The van der Waals surface area contributed by atoms with Crippen molar-refractivity contribution in [1.29, 1.82) is 0 Å². The van der Waals surface area contributed by atoms with Crippen LogP contribution in [0.1, 0.15) is 0 Å². The van der Waals surface area contributed by atoms with E-state index in [2.05, 4.69) is 19.8 Å². The van der Waals surface area contributed by atoms with E-state index < -0.39 is 6.16 Å². The summed E-state index contributed by atoms with van der Waals surface area (Å²) >= 11 is 0. The van der Waals surface area contributed by atoms with Gasteiger partial charge in [0.05, 0.1) is 23.4 Å². The van der Waals surface area contributed by atoms with Crippen molar-refractivity contribution in [3.63, 3.8) is 0 Å². The number of fused-ring (bicyclic) bond motifs is 3. The van der Waals surface area contributed by atoms with Crippen molar-refractivity contribution in [3.05, 3.63) is 48.8 Å². The minimum Gasteiger partial charge on any atom is -0.449 e. The first kappa shape index (κ1) is 12.4. The second-order valence-electron chi connectivity index (χ2n) is 4.73. The molecule has 2 N–H and O–H groups in total. The van der Waals surface area contributed by atoms with Gasteiger partial charge in [-0.15, -0.1) is 0 Å². The fraction of sp³-hybridized carbons (Fsp3) is 0. The Morgan fingerprint density at radius 2 is 2.09 bits per heavy atom. The first-order valence-electron chi connectivity index (χ1n) is 6.54. The molecule has 0 fully saturated rings. The summed E-state index contributed by atoms with van der Waals surface area (Å²) in [5.41, 5.74) is 1.72. The molecule has 0 spiro atoms. The van der Waals surface area contributed by atoms with Crippen LogP contribution in [0, 0.1) is 0 Å². The van der Waals surface area contributed by atoms with Gasteiger partial charge in [-0.3, -0.25) is 0 Å². The third kappa shape index (κ3) is 1.96. The first-order valence-corrected chi connectivity index (χ1v) is 6.54. The normalized spacial score (nSPS) is 11.1. The van der Waals surface area contributed by atoms with Crippen molar-refractivity contribution < 1.29 is 14.6 Å². The average molecular weight is 294 g/mol. The van der Waals surface area contributed by atoms with Crippen LogP contribution in [0.5, 0.6) is 5.75 Å². The van der Waals surface area contributed by atoms with Gasteiger partial charge in [0, 0.05) is 5.39 Å². The number of ether oxygens (including phenoxy) is 1. The highest BCUT2D eigenvalue weighted by Crippen LogP contribution is 2.24. The fourth-order valence-electron chi connectivity index (χ4n) is 2.41. The predicted molar refractivity (Wildman–Crippen MR) is 79.4 cm³/mol. The number of nitrogens with one attached hydrogen (secondary N) is 1. The highest BCUT2D eigenvalue weighted by molar-refractivity contribution is 6.04. The molecule has 108 valence electrons. The summed E-state index contributed by atoms with van der Waals surface area (Å²) in [7, 11) is 0. The smallest absolute Gasteiger partial charge is 0.449 e. The van der Waals surface area contributed by atoms with E-state index in [1.165, 1.54) is 17.1 Å². The number of carbonyl (C=O) groups is 1. The van der Waals surface area contributed by atoms with Gasteiger partial charge in [-0.2, -0.15) is 5.10 Å². The number of hydrogen-bond donors (Lipinski definition) is 2. The lowest BCUT2D eigenvalue weighted by Gasteiger charge is -1.96. The lowest BCUT2D eigenvalue weighted by molar-refractivity contribution is 0.144. The zero-order chi connectivity index (χ0) is 15.1. The molecular weight excluding hydrogens is 284 g/mol. The Bertz CT molecular complexity index is 1000. The van der Waals surface area contributed by atoms with E-state index in [9.17, 15) is 4.79 Å². The van der Waals surface area contributed by atoms with Crippen LogP contribution in [0.25, 0.3) is 27.8 Å². The standard InChI is InChI=1S/C15H10N4O3/c20-15(21)22-10-7-16-19(8-10)14-17-12-6-5-9-3-1-2-4-11(9)13(12)18-14/h1-8H,(H,17,18)(H,20,21). The molecule has 0 aliphatic carbocycles. The third-order valence-corrected chi connectivity index (χ3v) is 3.35. The van der Waals surface area contributed by atoms with Crippen LogP contribution < -0.4 is 4.74 Å². The van der Waals surface area contributed by atoms with Crippen LogP contribution >= 0.6 is 0 Å². The largest absolute Gasteiger partial charge is 0.511 e. The SMILES string of the molecule is O=C(O)Oc1cnn(-c2nc3c(ccc4ccccc43)[nH]2)c1. The summed E-state index contributed by atoms with van der Waals surface area (Å²) in [6.07, 6.45) is 1.39. The quantitative estimate of drug-likeness (QED) is 0.554. The average Bonchev–Trinajstić information content (AvgIpc) is 3.12. The maximum absolute atomic E-state index is 10.5. The zero-order valence-electron chi connectivity index (χ0n) is 11.2. The van der Waals surface area contributed by atoms with Crippen molar-refractivity contribution >= 4 is 28.0 Å². The summed E-state index contributed by atoms with van der Waals surface area (Å²) < 4.78 is 5.99. The molecule has 2 heterocycles. The predicted octanol–water partition coefficient (Wildman–Crippen LogP) is 2.96. The summed E-state index contributed by atoms with van der Waals surface area (Å²) in [4.78, 5) is 18.2. The number of benzene rings is 2. The van der Waals surface area contributed by atoms with Gasteiger partial charge in [0.2, 0.25) is 5.95 Å². The zero-order valence-corrected chi connectivity index (χ0v) is 11.2. The molecule has 4 aromatic rings. The van der Waals surface area contributed by atoms with E-state index in [0.29, 0.717) is 5.95 Å². The lowest BCUT2D eigenvalue weighted by Crippen LogP contribution is -2.02. The first-order chi connectivity index (χ1) is 10.7. The highest BCUT2D eigenvalue weighted by Gasteiger charge is 2.10. The maximum atomic E-state index is 10.5. The Labute approximate surface area is 123 Å². The molecule has 0 bridgehead atoms. The number of carboxylic acid groups (broad SMARTS) is 1. The molecule has 0 radical (unpaired) electrons. The summed E-state index contributed by atoms with van der Waals surface area (Å²) in [5.74, 6) is 0.629. The van der Waals surface area contributed by atoms with Crippen molar-refractivity contribution in [2.24, 2.45) is 0 Å². The molecular formula is C15H10N4O3. The number of H-pyrrole nitrogens is 1. The van der Waals surface area contributed by atoms with Crippen LogP contribution in [-0.4, -0.2) is 31.0 Å². The molecule has 0 saturated carbocycles. The molecule has 0 amide bonds. The van der Waals surface area contributed by atoms with Crippen molar-refractivity contribution in [2.75, 3.05) is 0 Å². The molecule has 22 heavy (non-hydrogen) atoms. The van der Waals surface area contributed by atoms with E-state index in [4.69, 9.17) is 5.11 Å². The Morgan fingerprint density at radius 1 is 1.23 bits per heavy atom. The van der Waals surface area contributed by atoms with Gasteiger partial charge in [-0.25, -0.2) is 14.5 Å². The number of nitrogens with zero attached hydrogens (tertiary/aromatic N) is 3. The monoisotopic (exact) mass is 294 g/mol. The van der Waals surface area contributed by atoms with Crippen LogP contribution in [0.4, 0.5) is 4.79 Å². The van der Waals surface area contributed by atoms with Gasteiger partial charge in [0.15, 0.2) is 5.75 Å². The number of rotatable bonds is 2. The van der Waals surface area contributed by atoms with E-state index in [0.717, 1.165) is 21.8 Å². The van der Waals surface area contributed by atoms with E-state index in [1.807, 2.05) is 36.4 Å². The molecule has 0 aliphatic heterocycles. The van der Waals surface area contributed by atoms with Gasteiger partial charge < -0.3 is 14.8 Å². The second-order valence-corrected chi connectivity index (χ2v) is 4.73. The molecule has 7 heteroatoms. The minimum atomic E-state index is -1.38. The van der Waals surface area contributed by atoms with Gasteiger partial charge >= 0.3 is 6.16 Å². The Morgan fingerprint density at radius 3 is 2.95 bits per heavy atom. The number of hydrogen-bond acceptors (Lipinski definition) is 4. The topological polar surface area (TPSA) is 93.0 Å². The Kier molecular flexibility index (Phi) is 2.59. The van der Waals surface area contributed by atoms with E-state index in [1.54, 1.807) is 0 Å². The van der Waals surface area contributed by atoms with Crippen molar-refractivity contribution in [2.45, 2.75) is 0 Å². The number of aromatic amines is 1. The molecule has 2 aromatic carbocycles. The minimum absolute atomic E-state index is 0.137. The molecule has 4 rings (SSSR count). The molecule has 0 unspecified atom stereocenters. The van der Waals surface area contributed by atoms with E-state index >= 15 is 0 Å². The molecule has 0 aliphatic rings. The molecule has 0 saturated heterocycles. The number of aromatic nitrogens is 4. The summed E-state index contributed by atoms with van der Waals surface area (Å²) in [5, 5.41) is 14.8. The fourth-order valence-corrected chi connectivity index (χ4v) is 2.41. The summed E-state index contributed by atoms with van der Waals surface area (Å²) in [6, 6.07) is 11.9. The molecule has 2 aromatic heterocycles. The van der Waals surface area contributed by atoms with Crippen molar-refractivity contribution in [3.8, 4) is 11.7 Å². The summed E-state index contributed by atoms with van der Waals surface area (Å²) in [6.45, 7) is 0. The molecule has 7 nitrogen and oxygen atoms in total. The lowest BCUT2D eigenvalue weighted by atomic mass is 10.1. The molecule has 0 atom stereocenters. The van der Waals surface area contributed by atoms with E-state index in [-0.39, 0.29) is 5.75 Å². The highest BCUT2D eigenvalue weighted by atomic mass is 16.7. The van der Waals surface area contributed by atoms with Gasteiger partial charge in [-0.1, -0.05) is 30.3 Å². The second kappa shape index (κ2) is 4.59. The van der Waals surface area contributed by atoms with Crippen LogP contribution in [-0.2, 0) is 0 Å². The Hall–Kier alpha value is -3.35. The Balaban J connectivity index is 1.84. The van der Waals surface area contributed by atoms with Gasteiger partial charge in [0.25, 0.3) is 0 Å². The van der Waals surface area contributed by atoms with Gasteiger partial charge in [0.1, 0.15) is 0 Å². The van der Waals surface area contributed by atoms with Crippen LogP contribution in [0.3, 0.4) is 0 Å². The van der Waals surface area contributed by atoms with Crippen molar-refractivity contribution in [1.82, 2.24) is 19.7 Å².